The van der Waals surface area contributed by atoms with Crippen LogP contribution in [0.3, 0.4) is 0 Å². The van der Waals surface area contributed by atoms with Crippen LogP contribution in [-0.4, -0.2) is 58.8 Å². The molecule has 0 aromatic carbocycles. The van der Waals surface area contributed by atoms with Crippen molar-refractivity contribution in [3.8, 4) is 0 Å². The first-order valence-corrected chi connectivity index (χ1v) is 9.23. The maximum absolute atomic E-state index is 11.2. The molecule has 0 spiro atoms. The summed E-state index contributed by atoms with van der Waals surface area (Å²) in [4.78, 5) is 28.3. The van der Waals surface area contributed by atoms with E-state index in [9.17, 15) is 9.36 Å². The number of hydrogen-bond acceptors (Lipinski definition) is 5. The lowest BCUT2D eigenvalue weighted by Crippen LogP contribution is -2.43. The van der Waals surface area contributed by atoms with E-state index in [0.717, 1.165) is 0 Å². The standard InChI is InChI=1S/C8H21N2O7PSi/c1-15-19(16-2,17-3)6-4-5-9-8(11)10-7-18(12,13)14/h4-7H2,1-3H3,(H2,9,10,11)(H2,12,13,14). The van der Waals surface area contributed by atoms with E-state index < -0.39 is 28.7 Å². The Bertz CT molecular complexity index is 312. The molecule has 2 amide bonds. The van der Waals surface area contributed by atoms with E-state index in [1.165, 1.54) is 21.3 Å². The van der Waals surface area contributed by atoms with Crippen LogP contribution in [0.4, 0.5) is 4.79 Å². The highest BCUT2D eigenvalue weighted by atomic mass is 31.2. The van der Waals surface area contributed by atoms with E-state index in [0.29, 0.717) is 19.0 Å². The Kier molecular flexibility index (Phi) is 8.42. The van der Waals surface area contributed by atoms with Crippen LogP contribution in [0.5, 0.6) is 0 Å². The number of rotatable bonds is 9. The van der Waals surface area contributed by atoms with E-state index in [-0.39, 0.29) is 0 Å². The smallest absolute Gasteiger partial charge is 0.377 e. The fraction of sp³-hybridized carbons (Fsp3) is 0.875. The molecule has 9 nitrogen and oxygen atoms in total. The number of carbonyl (C=O) groups is 1. The quantitative estimate of drug-likeness (QED) is 0.261. The van der Waals surface area contributed by atoms with Gasteiger partial charge in [0.15, 0.2) is 0 Å². The average molecular weight is 316 g/mol. The van der Waals surface area contributed by atoms with Crippen molar-refractivity contribution in [3.63, 3.8) is 0 Å². The fourth-order valence-corrected chi connectivity index (χ4v) is 3.37. The molecule has 114 valence electrons. The number of carbonyl (C=O) groups excluding carboxylic acids is 1. The molecule has 4 N–H and O–H groups in total. The number of urea groups is 1. The van der Waals surface area contributed by atoms with Gasteiger partial charge < -0.3 is 33.7 Å². The number of amides is 2. The lowest BCUT2D eigenvalue weighted by molar-refractivity contribution is 0.123. The highest BCUT2D eigenvalue weighted by Crippen LogP contribution is 2.31. The highest BCUT2D eigenvalue weighted by Gasteiger charge is 2.36. The lowest BCUT2D eigenvalue weighted by Gasteiger charge is -2.24. The van der Waals surface area contributed by atoms with Gasteiger partial charge in [0.05, 0.1) is 0 Å². The third kappa shape index (κ3) is 8.32. The Labute approximate surface area is 113 Å². The van der Waals surface area contributed by atoms with E-state index in [2.05, 4.69) is 10.6 Å². The van der Waals surface area contributed by atoms with Crippen LogP contribution in [-0.2, 0) is 17.8 Å². The summed E-state index contributed by atoms with van der Waals surface area (Å²) in [7, 11) is -2.36. The first kappa shape index (κ1) is 18.5. The lowest BCUT2D eigenvalue weighted by atomic mass is 10.5. The molecule has 0 saturated heterocycles. The maximum Gasteiger partial charge on any atom is 0.500 e. The van der Waals surface area contributed by atoms with Crippen molar-refractivity contribution in [3.05, 3.63) is 0 Å². The van der Waals surface area contributed by atoms with Gasteiger partial charge in [0.1, 0.15) is 6.29 Å². The molecule has 0 aliphatic heterocycles. The predicted molar refractivity (Wildman–Crippen MR) is 69.7 cm³/mol. The minimum absolute atomic E-state index is 0.317. The molecular weight excluding hydrogens is 295 g/mol. The molecule has 0 unspecified atom stereocenters. The minimum atomic E-state index is -4.22. The Morgan fingerprint density at radius 1 is 1.16 bits per heavy atom. The monoisotopic (exact) mass is 316 g/mol. The highest BCUT2D eigenvalue weighted by molar-refractivity contribution is 7.51. The Morgan fingerprint density at radius 2 is 1.68 bits per heavy atom. The normalized spacial score (nSPS) is 12.3. The van der Waals surface area contributed by atoms with Crippen molar-refractivity contribution in [2.45, 2.75) is 12.5 Å². The molecule has 0 atom stereocenters. The molecule has 0 saturated carbocycles. The molecule has 11 heteroatoms. The van der Waals surface area contributed by atoms with Crippen LogP contribution in [0.25, 0.3) is 0 Å². The van der Waals surface area contributed by atoms with Gasteiger partial charge >= 0.3 is 22.4 Å². The minimum Gasteiger partial charge on any atom is -0.377 e. The Morgan fingerprint density at radius 3 is 2.11 bits per heavy atom. The van der Waals surface area contributed by atoms with Gasteiger partial charge in [-0.25, -0.2) is 4.79 Å². The van der Waals surface area contributed by atoms with Gasteiger partial charge in [-0.3, -0.25) is 4.57 Å². The summed E-state index contributed by atoms with van der Waals surface area (Å²) in [6.45, 7) is 0.317. The Balaban J connectivity index is 3.85. The molecule has 0 aromatic heterocycles. The molecule has 0 aliphatic carbocycles. The molecular formula is C8H21N2O7PSi. The largest absolute Gasteiger partial charge is 0.500 e. The summed E-state index contributed by atoms with van der Waals surface area (Å²) in [6.07, 6.45) is -0.128. The van der Waals surface area contributed by atoms with E-state index in [4.69, 9.17) is 23.1 Å². The summed E-state index contributed by atoms with van der Waals surface area (Å²) in [6, 6.07) is -0.113. The molecule has 0 rings (SSSR count). The van der Waals surface area contributed by atoms with Crippen molar-refractivity contribution < 1.29 is 32.4 Å². The maximum atomic E-state index is 11.2. The van der Waals surface area contributed by atoms with Crippen LogP contribution < -0.4 is 10.6 Å². The summed E-state index contributed by atoms with van der Waals surface area (Å²) in [5.74, 6) is 0. The molecule has 0 bridgehead atoms. The summed E-state index contributed by atoms with van der Waals surface area (Å²) < 4.78 is 26.1. The third-order valence-corrected chi connectivity index (χ3v) is 5.73. The van der Waals surface area contributed by atoms with Gasteiger partial charge in [0, 0.05) is 33.9 Å². The zero-order chi connectivity index (χ0) is 14.9. The van der Waals surface area contributed by atoms with Gasteiger partial charge in [-0.05, 0) is 6.42 Å². The SMILES string of the molecule is CO[Si](CCCNC(=O)NCP(=O)(O)O)(OC)OC. The zero-order valence-corrected chi connectivity index (χ0v) is 13.1. The second-order valence-corrected chi connectivity index (χ2v) is 8.39. The predicted octanol–water partition coefficient (Wildman–Crippen LogP) is -0.311. The van der Waals surface area contributed by atoms with Crippen molar-refractivity contribution >= 4 is 22.4 Å². The molecule has 0 fully saturated rings. The summed E-state index contributed by atoms with van der Waals surface area (Å²) in [5, 5.41) is 4.53. The average Bonchev–Trinajstić information content (AvgIpc) is 2.37. The van der Waals surface area contributed by atoms with Crippen LogP contribution in [0.2, 0.25) is 6.04 Å². The first-order valence-electron chi connectivity index (χ1n) is 5.50. The van der Waals surface area contributed by atoms with E-state index >= 15 is 0 Å². The van der Waals surface area contributed by atoms with Gasteiger partial charge in [0.2, 0.25) is 0 Å². The summed E-state index contributed by atoms with van der Waals surface area (Å²) in [5.41, 5.74) is 0. The fourth-order valence-electron chi connectivity index (χ4n) is 1.30. The van der Waals surface area contributed by atoms with Gasteiger partial charge in [-0.2, -0.15) is 0 Å². The zero-order valence-electron chi connectivity index (χ0n) is 11.2. The van der Waals surface area contributed by atoms with Crippen LogP contribution in [0.1, 0.15) is 6.42 Å². The van der Waals surface area contributed by atoms with Gasteiger partial charge in [-0.15, -0.1) is 0 Å². The number of hydrogen-bond donors (Lipinski definition) is 4. The second-order valence-electron chi connectivity index (χ2n) is 3.65. The van der Waals surface area contributed by atoms with Crippen molar-refractivity contribution in [1.29, 1.82) is 0 Å². The van der Waals surface area contributed by atoms with Crippen molar-refractivity contribution in [1.82, 2.24) is 10.6 Å². The topological polar surface area (TPSA) is 126 Å². The van der Waals surface area contributed by atoms with Gasteiger partial charge in [0.25, 0.3) is 0 Å². The van der Waals surface area contributed by atoms with E-state index in [1.807, 2.05) is 0 Å². The van der Waals surface area contributed by atoms with Crippen molar-refractivity contribution in [2.75, 3.05) is 34.2 Å². The van der Waals surface area contributed by atoms with Crippen LogP contribution >= 0.6 is 7.60 Å². The van der Waals surface area contributed by atoms with Gasteiger partial charge in [-0.1, -0.05) is 0 Å². The van der Waals surface area contributed by atoms with Crippen LogP contribution in [0, 0.1) is 0 Å². The molecule has 19 heavy (non-hydrogen) atoms. The molecule has 0 aromatic rings. The van der Waals surface area contributed by atoms with E-state index in [1.54, 1.807) is 0 Å². The second kappa shape index (κ2) is 8.64. The summed E-state index contributed by atoms with van der Waals surface area (Å²) >= 11 is 0. The van der Waals surface area contributed by atoms with Crippen molar-refractivity contribution in [2.24, 2.45) is 0 Å². The third-order valence-electron chi connectivity index (χ3n) is 2.32. The Hall–Kier alpha value is -0.483. The first-order chi connectivity index (χ1) is 8.78. The number of nitrogens with one attached hydrogen (secondary N) is 2. The molecule has 0 heterocycles. The molecule has 0 radical (unpaired) electrons. The molecule has 0 aliphatic rings. The van der Waals surface area contributed by atoms with Crippen LogP contribution in [0.15, 0.2) is 0 Å².